The minimum Gasteiger partial charge on any atom is -0.389 e. The van der Waals surface area contributed by atoms with Crippen LogP contribution in [0.25, 0.3) is 0 Å². The normalized spacial score (nSPS) is 12.7. The van der Waals surface area contributed by atoms with Gasteiger partial charge in [0.1, 0.15) is 0 Å². The first kappa shape index (κ1) is 14.1. The third-order valence-electron chi connectivity index (χ3n) is 3.38. The van der Waals surface area contributed by atoms with E-state index in [0.717, 1.165) is 33.1 Å². The van der Waals surface area contributed by atoms with E-state index in [1.807, 2.05) is 43.7 Å². The highest BCUT2D eigenvalue weighted by Crippen LogP contribution is 2.24. The van der Waals surface area contributed by atoms with Crippen molar-refractivity contribution in [3.63, 3.8) is 0 Å². The molecule has 1 atom stereocenters. The van der Waals surface area contributed by atoms with Gasteiger partial charge in [-0.1, -0.05) is 23.7 Å². The molecule has 0 spiro atoms. The maximum absolute atomic E-state index is 9.78. The molecule has 0 aliphatic carbocycles. The van der Waals surface area contributed by atoms with Gasteiger partial charge in [0.15, 0.2) is 0 Å². The zero-order valence-corrected chi connectivity index (χ0v) is 12.5. The third kappa shape index (κ3) is 2.82. The summed E-state index contributed by atoms with van der Waals surface area (Å²) in [7, 11) is 0. The molecule has 0 aliphatic heterocycles. The number of hydrogen-bond donors (Lipinski definition) is 1. The summed E-state index contributed by atoms with van der Waals surface area (Å²) in [5.74, 6) is 0. The van der Waals surface area contributed by atoms with Gasteiger partial charge in [-0.05, 0) is 44.9 Å². The van der Waals surface area contributed by atoms with Crippen LogP contribution < -0.4 is 0 Å². The van der Waals surface area contributed by atoms with Crippen LogP contribution in [0.4, 0.5) is 0 Å². The van der Waals surface area contributed by atoms with Crippen molar-refractivity contribution >= 4 is 11.6 Å². The van der Waals surface area contributed by atoms with Gasteiger partial charge >= 0.3 is 0 Å². The number of aromatic nitrogens is 2. The largest absolute Gasteiger partial charge is 0.389 e. The van der Waals surface area contributed by atoms with Gasteiger partial charge in [0.05, 0.1) is 18.3 Å². The Kier molecular flexibility index (Phi) is 3.97. The fraction of sp³-hybridized carbons (Fsp3) is 0.400. The quantitative estimate of drug-likeness (QED) is 0.932. The maximum Gasteiger partial charge on any atom is 0.0797 e. The molecule has 4 heteroatoms. The maximum atomic E-state index is 9.78. The highest BCUT2D eigenvalue weighted by Gasteiger charge is 2.16. The van der Waals surface area contributed by atoms with Crippen LogP contribution in [0, 0.1) is 20.8 Å². The van der Waals surface area contributed by atoms with E-state index in [1.165, 1.54) is 0 Å². The second-order valence-electron chi connectivity index (χ2n) is 5.01. The molecule has 3 nitrogen and oxygen atoms in total. The van der Waals surface area contributed by atoms with Gasteiger partial charge in [-0.25, -0.2) is 0 Å². The van der Waals surface area contributed by atoms with E-state index in [1.54, 1.807) is 6.92 Å². The Balaban J connectivity index is 2.36. The van der Waals surface area contributed by atoms with Crippen LogP contribution in [0.1, 0.15) is 41.1 Å². The van der Waals surface area contributed by atoms with E-state index in [-0.39, 0.29) is 0 Å². The molecule has 19 heavy (non-hydrogen) atoms. The molecule has 1 N–H and O–H groups in total. The molecule has 102 valence electrons. The van der Waals surface area contributed by atoms with Crippen molar-refractivity contribution in [1.82, 2.24) is 9.78 Å². The van der Waals surface area contributed by atoms with Gasteiger partial charge < -0.3 is 5.11 Å². The molecular weight excluding hydrogens is 260 g/mol. The Labute approximate surface area is 118 Å². The molecule has 0 aliphatic rings. The Morgan fingerprint density at radius 1 is 1.32 bits per heavy atom. The third-order valence-corrected chi connectivity index (χ3v) is 3.74. The number of aliphatic hydroxyl groups excluding tert-OH is 1. The second-order valence-corrected chi connectivity index (χ2v) is 5.42. The minimum absolute atomic E-state index is 0.498. The molecule has 0 fully saturated rings. The standard InChI is InChI=1S/C15H19ClN2O/c1-9-5-6-13(14(16)7-9)8-18-11(3)15(12(4)19)10(2)17-18/h5-7,12,19H,8H2,1-4H3. The van der Waals surface area contributed by atoms with Crippen LogP contribution in [0.3, 0.4) is 0 Å². The number of hydrogen-bond acceptors (Lipinski definition) is 2. The summed E-state index contributed by atoms with van der Waals surface area (Å²) in [5.41, 5.74) is 4.95. The summed E-state index contributed by atoms with van der Waals surface area (Å²) >= 11 is 6.25. The molecule has 0 saturated heterocycles. The lowest BCUT2D eigenvalue weighted by Crippen LogP contribution is -2.05. The van der Waals surface area contributed by atoms with E-state index >= 15 is 0 Å². The fourth-order valence-electron chi connectivity index (χ4n) is 2.41. The van der Waals surface area contributed by atoms with Crippen LogP contribution in [0.2, 0.25) is 5.02 Å². The summed E-state index contributed by atoms with van der Waals surface area (Å²) in [6.45, 7) is 8.30. The first-order chi connectivity index (χ1) is 8.90. The number of halogens is 1. The average Bonchev–Trinajstić information content (AvgIpc) is 2.58. The van der Waals surface area contributed by atoms with Gasteiger partial charge in [0.2, 0.25) is 0 Å². The molecule has 1 aromatic carbocycles. The summed E-state index contributed by atoms with van der Waals surface area (Å²) in [6, 6.07) is 6.02. The smallest absolute Gasteiger partial charge is 0.0797 e. The highest BCUT2D eigenvalue weighted by atomic mass is 35.5. The lowest BCUT2D eigenvalue weighted by atomic mass is 10.1. The Bertz CT molecular complexity index is 602. The minimum atomic E-state index is -0.498. The van der Waals surface area contributed by atoms with E-state index in [0.29, 0.717) is 6.54 Å². The average molecular weight is 279 g/mol. The van der Waals surface area contributed by atoms with Crippen molar-refractivity contribution in [2.45, 2.75) is 40.3 Å². The molecule has 0 saturated carbocycles. The number of aliphatic hydroxyl groups is 1. The van der Waals surface area contributed by atoms with Crippen LogP contribution in [0.5, 0.6) is 0 Å². The lowest BCUT2D eigenvalue weighted by Gasteiger charge is -2.09. The number of aryl methyl sites for hydroxylation is 2. The van der Waals surface area contributed by atoms with Gasteiger partial charge in [-0.2, -0.15) is 5.10 Å². The van der Waals surface area contributed by atoms with Crippen molar-refractivity contribution in [1.29, 1.82) is 0 Å². The van der Waals surface area contributed by atoms with Crippen molar-refractivity contribution in [2.75, 3.05) is 0 Å². The zero-order chi connectivity index (χ0) is 14.2. The predicted octanol–water partition coefficient (Wildman–Crippen LogP) is 3.56. The van der Waals surface area contributed by atoms with Gasteiger partial charge in [0, 0.05) is 16.3 Å². The number of rotatable bonds is 3. The molecule has 0 radical (unpaired) electrons. The summed E-state index contributed by atoms with van der Waals surface area (Å²) in [4.78, 5) is 0. The molecule has 1 unspecified atom stereocenters. The molecule has 2 rings (SSSR count). The van der Waals surface area contributed by atoms with Crippen LogP contribution >= 0.6 is 11.6 Å². The van der Waals surface area contributed by atoms with Crippen LogP contribution in [-0.4, -0.2) is 14.9 Å². The van der Waals surface area contributed by atoms with E-state index in [9.17, 15) is 5.11 Å². The van der Waals surface area contributed by atoms with E-state index in [2.05, 4.69) is 5.10 Å². The number of benzene rings is 1. The monoisotopic (exact) mass is 278 g/mol. The number of nitrogens with zero attached hydrogens (tertiary/aromatic N) is 2. The first-order valence-corrected chi connectivity index (χ1v) is 6.75. The SMILES string of the molecule is Cc1ccc(Cn2nc(C)c(C(C)O)c2C)c(Cl)c1. The van der Waals surface area contributed by atoms with Crippen molar-refractivity contribution in [3.05, 3.63) is 51.3 Å². The highest BCUT2D eigenvalue weighted by molar-refractivity contribution is 6.31. The Morgan fingerprint density at radius 2 is 2.00 bits per heavy atom. The summed E-state index contributed by atoms with van der Waals surface area (Å²) in [5, 5.41) is 15.0. The summed E-state index contributed by atoms with van der Waals surface area (Å²) in [6.07, 6.45) is -0.498. The molecule has 0 amide bonds. The molecule has 0 bridgehead atoms. The Hall–Kier alpha value is -1.32. The Morgan fingerprint density at radius 3 is 2.53 bits per heavy atom. The van der Waals surface area contributed by atoms with Crippen LogP contribution in [-0.2, 0) is 6.54 Å². The van der Waals surface area contributed by atoms with Gasteiger partial charge in [-0.3, -0.25) is 4.68 Å². The molecule has 2 aromatic rings. The lowest BCUT2D eigenvalue weighted by molar-refractivity contribution is 0.197. The van der Waals surface area contributed by atoms with Gasteiger partial charge in [0.25, 0.3) is 0 Å². The molecule has 1 heterocycles. The van der Waals surface area contributed by atoms with Crippen LogP contribution in [0.15, 0.2) is 18.2 Å². The topological polar surface area (TPSA) is 38.0 Å². The predicted molar refractivity (Wildman–Crippen MR) is 77.6 cm³/mol. The van der Waals surface area contributed by atoms with Gasteiger partial charge in [-0.15, -0.1) is 0 Å². The van der Waals surface area contributed by atoms with E-state index in [4.69, 9.17) is 11.6 Å². The first-order valence-electron chi connectivity index (χ1n) is 6.37. The fourth-order valence-corrected chi connectivity index (χ4v) is 2.71. The van der Waals surface area contributed by atoms with E-state index < -0.39 is 6.10 Å². The zero-order valence-electron chi connectivity index (χ0n) is 11.7. The summed E-state index contributed by atoms with van der Waals surface area (Å²) < 4.78 is 1.90. The van der Waals surface area contributed by atoms with Crippen molar-refractivity contribution < 1.29 is 5.11 Å². The second kappa shape index (κ2) is 5.35. The molecular formula is C15H19ClN2O. The van der Waals surface area contributed by atoms with Crippen molar-refractivity contribution in [2.24, 2.45) is 0 Å². The van der Waals surface area contributed by atoms with Crippen molar-refractivity contribution in [3.8, 4) is 0 Å². The molecule has 1 aromatic heterocycles.